The van der Waals surface area contributed by atoms with Crippen LogP contribution in [0.1, 0.15) is 15.9 Å². The molecule has 0 spiro atoms. The van der Waals surface area contributed by atoms with Crippen molar-refractivity contribution >= 4 is 28.3 Å². The predicted octanol–water partition coefficient (Wildman–Crippen LogP) is 4.20. The van der Waals surface area contributed by atoms with Gasteiger partial charge < -0.3 is 9.72 Å². The highest BCUT2D eigenvalue weighted by molar-refractivity contribution is 6.31. The zero-order chi connectivity index (χ0) is 15.0. The van der Waals surface area contributed by atoms with E-state index >= 15 is 0 Å². The fourth-order valence-corrected chi connectivity index (χ4v) is 2.44. The van der Waals surface area contributed by atoms with E-state index in [1.165, 1.54) is 19.2 Å². The van der Waals surface area contributed by atoms with Crippen LogP contribution < -0.4 is 4.74 Å². The van der Waals surface area contributed by atoms with Crippen LogP contribution in [0.15, 0.2) is 42.6 Å². The topological polar surface area (TPSA) is 42.1 Å². The second kappa shape index (κ2) is 5.22. The average molecular weight is 304 g/mol. The van der Waals surface area contributed by atoms with E-state index < -0.39 is 0 Å². The molecular weight excluding hydrogens is 293 g/mol. The average Bonchev–Trinajstić information content (AvgIpc) is 2.89. The molecule has 1 aromatic heterocycles. The van der Waals surface area contributed by atoms with E-state index in [1.807, 2.05) is 0 Å². The number of halogens is 2. The number of aromatic amines is 1. The Kier molecular flexibility index (Phi) is 3.39. The highest BCUT2D eigenvalue weighted by atomic mass is 35.5. The number of H-pyrrole nitrogens is 1. The molecule has 0 aliphatic heterocycles. The summed E-state index contributed by atoms with van der Waals surface area (Å²) in [6, 6.07) is 9.07. The van der Waals surface area contributed by atoms with Crippen molar-refractivity contribution in [2.24, 2.45) is 0 Å². The molecule has 3 nitrogen and oxygen atoms in total. The van der Waals surface area contributed by atoms with Crippen molar-refractivity contribution in [3.05, 3.63) is 64.6 Å². The molecular formula is C16H11ClFNO2. The molecule has 21 heavy (non-hydrogen) atoms. The Morgan fingerprint density at radius 1 is 1.19 bits per heavy atom. The van der Waals surface area contributed by atoms with Gasteiger partial charge in [-0.1, -0.05) is 11.6 Å². The van der Waals surface area contributed by atoms with Crippen LogP contribution in [0.4, 0.5) is 4.39 Å². The van der Waals surface area contributed by atoms with Gasteiger partial charge in [0.2, 0.25) is 0 Å². The Morgan fingerprint density at radius 2 is 2.00 bits per heavy atom. The van der Waals surface area contributed by atoms with Crippen LogP contribution in [0, 0.1) is 5.82 Å². The normalized spacial score (nSPS) is 10.8. The van der Waals surface area contributed by atoms with Crippen molar-refractivity contribution in [3.8, 4) is 5.75 Å². The van der Waals surface area contributed by atoms with E-state index in [1.54, 1.807) is 30.5 Å². The molecule has 3 aromatic rings. The number of fused-ring (bicyclic) bond motifs is 1. The van der Waals surface area contributed by atoms with Crippen molar-refractivity contribution in [3.63, 3.8) is 0 Å². The smallest absolute Gasteiger partial charge is 0.198 e. The summed E-state index contributed by atoms with van der Waals surface area (Å²) >= 11 is 5.89. The minimum absolute atomic E-state index is 0.250. The van der Waals surface area contributed by atoms with Gasteiger partial charge in [-0.25, -0.2) is 4.39 Å². The molecule has 0 aliphatic rings. The van der Waals surface area contributed by atoms with Gasteiger partial charge in [-0.05, 0) is 36.4 Å². The number of carbonyl (C=O) groups is 1. The summed E-state index contributed by atoms with van der Waals surface area (Å²) in [6.45, 7) is 0. The Morgan fingerprint density at radius 3 is 2.76 bits per heavy atom. The highest BCUT2D eigenvalue weighted by Crippen LogP contribution is 2.28. The van der Waals surface area contributed by atoms with Gasteiger partial charge in [0.25, 0.3) is 0 Å². The molecule has 3 rings (SSSR count). The van der Waals surface area contributed by atoms with E-state index in [9.17, 15) is 9.18 Å². The minimum Gasteiger partial charge on any atom is -0.496 e. The third-order valence-corrected chi connectivity index (χ3v) is 3.53. The molecule has 0 fully saturated rings. The number of hydrogen-bond acceptors (Lipinski definition) is 2. The zero-order valence-corrected chi connectivity index (χ0v) is 11.9. The van der Waals surface area contributed by atoms with E-state index in [0.29, 0.717) is 32.8 Å². The molecule has 0 saturated heterocycles. The van der Waals surface area contributed by atoms with E-state index in [-0.39, 0.29) is 11.6 Å². The Hall–Kier alpha value is -2.33. The molecule has 5 heteroatoms. The van der Waals surface area contributed by atoms with Crippen molar-refractivity contribution in [1.29, 1.82) is 0 Å². The quantitative estimate of drug-likeness (QED) is 0.737. The van der Waals surface area contributed by atoms with Crippen LogP contribution in [-0.4, -0.2) is 17.9 Å². The minimum atomic E-state index is -0.390. The Bertz CT molecular complexity index is 841. The second-order valence-electron chi connectivity index (χ2n) is 4.57. The van der Waals surface area contributed by atoms with Gasteiger partial charge in [-0.3, -0.25) is 4.79 Å². The maximum Gasteiger partial charge on any atom is 0.198 e. The zero-order valence-electron chi connectivity index (χ0n) is 11.1. The summed E-state index contributed by atoms with van der Waals surface area (Å²) < 4.78 is 18.6. The lowest BCUT2D eigenvalue weighted by atomic mass is 10.0. The van der Waals surface area contributed by atoms with E-state index in [0.717, 1.165) is 0 Å². The second-order valence-corrected chi connectivity index (χ2v) is 5.00. The van der Waals surface area contributed by atoms with Gasteiger partial charge in [-0.15, -0.1) is 0 Å². The third kappa shape index (κ3) is 2.38. The maximum absolute atomic E-state index is 13.4. The predicted molar refractivity (Wildman–Crippen MR) is 79.7 cm³/mol. The number of benzene rings is 2. The van der Waals surface area contributed by atoms with Crippen LogP contribution in [0.25, 0.3) is 10.9 Å². The van der Waals surface area contributed by atoms with Crippen molar-refractivity contribution in [2.75, 3.05) is 7.11 Å². The fourth-order valence-electron chi connectivity index (χ4n) is 2.28. The molecule has 0 aliphatic carbocycles. The lowest BCUT2D eigenvalue weighted by Gasteiger charge is -2.07. The summed E-state index contributed by atoms with van der Waals surface area (Å²) in [4.78, 5) is 15.6. The maximum atomic E-state index is 13.4. The first kappa shape index (κ1) is 13.6. The summed E-state index contributed by atoms with van der Waals surface area (Å²) in [5.41, 5.74) is 1.48. The Labute approximate surface area is 125 Å². The lowest BCUT2D eigenvalue weighted by molar-refractivity contribution is 0.103. The van der Waals surface area contributed by atoms with Crippen LogP contribution >= 0.6 is 11.6 Å². The molecule has 0 bridgehead atoms. The number of nitrogens with one attached hydrogen (secondary N) is 1. The van der Waals surface area contributed by atoms with Crippen molar-refractivity contribution in [1.82, 2.24) is 4.98 Å². The lowest BCUT2D eigenvalue weighted by Crippen LogP contribution is -2.03. The molecule has 0 unspecified atom stereocenters. The van der Waals surface area contributed by atoms with Gasteiger partial charge in [0, 0.05) is 27.7 Å². The molecule has 2 aromatic carbocycles. The highest BCUT2D eigenvalue weighted by Gasteiger charge is 2.18. The summed E-state index contributed by atoms with van der Waals surface area (Å²) in [7, 11) is 1.47. The van der Waals surface area contributed by atoms with Gasteiger partial charge in [0.1, 0.15) is 11.6 Å². The number of ketones is 1. The molecule has 0 amide bonds. The van der Waals surface area contributed by atoms with Gasteiger partial charge in [-0.2, -0.15) is 0 Å². The summed E-state index contributed by atoms with van der Waals surface area (Å²) in [5.74, 6) is -0.252. The number of rotatable bonds is 3. The first-order valence-corrected chi connectivity index (χ1v) is 6.63. The van der Waals surface area contributed by atoms with Crippen LogP contribution in [0.3, 0.4) is 0 Å². The number of hydrogen-bond donors (Lipinski definition) is 1. The van der Waals surface area contributed by atoms with E-state index in [4.69, 9.17) is 16.3 Å². The fraction of sp³-hybridized carbons (Fsp3) is 0.0625. The number of ether oxygens (including phenoxy) is 1. The number of aromatic nitrogens is 1. The van der Waals surface area contributed by atoms with E-state index in [2.05, 4.69) is 4.98 Å². The summed E-state index contributed by atoms with van der Waals surface area (Å²) in [5, 5.41) is 1.02. The first-order chi connectivity index (χ1) is 10.1. The monoisotopic (exact) mass is 303 g/mol. The van der Waals surface area contributed by atoms with Crippen LogP contribution in [0.2, 0.25) is 5.02 Å². The van der Waals surface area contributed by atoms with Crippen LogP contribution in [0.5, 0.6) is 5.75 Å². The Balaban J connectivity index is 2.15. The van der Waals surface area contributed by atoms with Gasteiger partial charge >= 0.3 is 0 Å². The molecule has 106 valence electrons. The van der Waals surface area contributed by atoms with Crippen LogP contribution in [-0.2, 0) is 0 Å². The molecule has 0 atom stereocenters. The van der Waals surface area contributed by atoms with Crippen molar-refractivity contribution < 1.29 is 13.9 Å². The summed E-state index contributed by atoms with van der Waals surface area (Å²) in [6.07, 6.45) is 1.57. The number of carbonyl (C=O) groups excluding carboxylic acids is 1. The SMILES string of the molecule is COc1cc(Cl)ccc1C(=O)c1c[nH]c2ccc(F)cc12. The van der Waals surface area contributed by atoms with Gasteiger partial charge in [0.05, 0.1) is 12.7 Å². The van der Waals surface area contributed by atoms with Crippen molar-refractivity contribution in [2.45, 2.75) is 0 Å². The third-order valence-electron chi connectivity index (χ3n) is 3.30. The first-order valence-electron chi connectivity index (χ1n) is 6.25. The molecule has 1 N–H and O–H groups in total. The standard InChI is InChI=1S/C16H11ClFNO2/c1-21-15-6-9(17)2-4-11(15)16(20)13-8-19-14-5-3-10(18)7-12(13)14/h2-8,19H,1H3. The van der Waals surface area contributed by atoms with Gasteiger partial charge in [0.15, 0.2) is 5.78 Å². The number of methoxy groups -OCH3 is 1. The molecule has 1 heterocycles. The molecule has 0 saturated carbocycles. The largest absolute Gasteiger partial charge is 0.496 e. The molecule has 0 radical (unpaired) electrons.